The molecule has 2 aromatic heterocycles. The summed E-state index contributed by atoms with van der Waals surface area (Å²) < 4.78 is 14.9. The van der Waals surface area contributed by atoms with E-state index in [9.17, 15) is 4.79 Å². The van der Waals surface area contributed by atoms with Crippen LogP contribution < -0.4 is 0 Å². The molecule has 0 radical (unpaired) electrons. The van der Waals surface area contributed by atoms with Gasteiger partial charge in [0.15, 0.2) is 0 Å². The third-order valence-corrected chi connectivity index (χ3v) is 5.31. The largest absolute Gasteiger partial charge is 0.463 e. The number of hydrogen-bond donors (Lipinski definition) is 0. The predicted octanol–water partition coefficient (Wildman–Crippen LogP) is 3.33. The number of aromatic nitrogens is 6. The second-order valence-electron chi connectivity index (χ2n) is 7.65. The molecule has 0 saturated carbocycles. The van der Waals surface area contributed by atoms with Crippen LogP contribution in [0, 0.1) is 0 Å². The number of carbonyl (C=O) groups excluding carboxylic acids is 1. The summed E-state index contributed by atoms with van der Waals surface area (Å²) in [6.07, 6.45) is 6.66. The van der Waals surface area contributed by atoms with Crippen LogP contribution in [0.25, 0.3) is 16.9 Å². The second-order valence-corrected chi connectivity index (χ2v) is 7.65. The zero-order valence-corrected chi connectivity index (χ0v) is 17.9. The lowest BCUT2D eigenvalue weighted by atomic mass is 10.0. The highest BCUT2D eigenvalue weighted by atomic mass is 16.6. The average molecular weight is 442 g/mol. The Hall–Kier alpha value is -4.11. The molecule has 1 aliphatic rings. The first-order chi connectivity index (χ1) is 16.2. The van der Waals surface area contributed by atoms with Gasteiger partial charge in [-0.1, -0.05) is 71.1 Å². The lowest BCUT2D eigenvalue weighted by Gasteiger charge is -2.30. The molecular weight excluding hydrogens is 420 g/mol. The number of nitrogens with zero attached hydrogens (tertiary/aromatic N) is 6. The standard InChI is InChI=1S/C24H22N6O3/c1-17(31)32-16-20-12-13-23(30-14-21(25-28-30)18-8-4-2-5-9-18)24(33-20)22-15-29(27-26-22)19-10-6-3-7-11-19/h2-15,20,23-24H,16H2,1H3/t20-,23+,24+/m0/s1. The Kier molecular flexibility index (Phi) is 5.77. The lowest BCUT2D eigenvalue weighted by Crippen LogP contribution is -2.31. The summed E-state index contributed by atoms with van der Waals surface area (Å²) >= 11 is 0. The molecule has 9 nitrogen and oxygen atoms in total. The lowest BCUT2D eigenvalue weighted by molar-refractivity contribution is -0.146. The van der Waals surface area contributed by atoms with Crippen molar-refractivity contribution in [1.82, 2.24) is 30.0 Å². The minimum atomic E-state index is -0.502. The quantitative estimate of drug-likeness (QED) is 0.334. The van der Waals surface area contributed by atoms with Crippen LogP contribution in [0.3, 0.4) is 0 Å². The molecule has 0 unspecified atom stereocenters. The van der Waals surface area contributed by atoms with Gasteiger partial charge in [0.25, 0.3) is 0 Å². The molecule has 2 aromatic carbocycles. The fourth-order valence-corrected chi connectivity index (χ4v) is 3.70. The first-order valence-corrected chi connectivity index (χ1v) is 10.6. The van der Waals surface area contributed by atoms with E-state index < -0.39 is 12.2 Å². The molecule has 166 valence electrons. The summed E-state index contributed by atoms with van der Waals surface area (Å²) in [4.78, 5) is 11.3. The molecule has 0 spiro atoms. The molecule has 0 amide bonds. The van der Waals surface area contributed by atoms with E-state index in [2.05, 4.69) is 20.6 Å². The number of benzene rings is 2. The van der Waals surface area contributed by atoms with Crippen LogP contribution in [0.4, 0.5) is 0 Å². The summed E-state index contributed by atoms with van der Waals surface area (Å²) in [5.74, 6) is -0.357. The van der Waals surface area contributed by atoms with Crippen molar-refractivity contribution in [1.29, 1.82) is 0 Å². The van der Waals surface area contributed by atoms with Crippen molar-refractivity contribution in [2.75, 3.05) is 6.61 Å². The van der Waals surface area contributed by atoms with Gasteiger partial charge in [-0.3, -0.25) is 4.79 Å². The van der Waals surface area contributed by atoms with Gasteiger partial charge in [-0.05, 0) is 12.1 Å². The van der Waals surface area contributed by atoms with Gasteiger partial charge in [0.05, 0.1) is 18.1 Å². The third-order valence-electron chi connectivity index (χ3n) is 5.31. The van der Waals surface area contributed by atoms with Crippen LogP contribution in [0.5, 0.6) is 0 Å². The van der Waals surface area contributed by atoms with E-state index in [4.69, 9.17) is 9.47 Å². The summed E-state index contributed by atoms with van der Waals surface area (Å²) in [6, 6.07) is 19.3. The molecule has 3 heterocycles. The fraction of sp³-hybridized carbons (Fsp3) is 0.208. The minimum Gasteiger partial charge on any atom is -0.463 e. The van der Waals surface area contributed by atoms with Gasteiger partial charge in [-0.15, -0.1) is 10.2 Å². The van der Waals surface area contributed by atoms with Crippen LogP contribution in [0.15, 0.2) is 85.2 Å². The Balaban J connectivity index is 1.46. The van der Waals surface area contributed by atoms with Crippen molar-refractivity contribution < 1.29 is 14.3 Å². The molecule has 0 N–H and O–H groups in total. The van der Waals surface area contributed by atoms with Crippen LogP contribution in [-0.2, 0) is 14.3 Å². The smallest absolute Gasteiger partial charge is 0.302 e. The van der Waals surface area contributed by atoms with E-state index in [0.29, 0.717) is 5.69 Å². The van der Waals surface area contributed by atoms with Gasteiger partial charge in [-0.2, -0.15) is 0 Å². The summed E-state index contributed by atoms with van der Waals surface area (Å²) in [7, 11) is 0. The molecule has 0 fully saturated rings. The zero-order chi connectivity index (χ0) is 22.6. The molecule has 0 aliphatic carbocycles. The minimum absolute atomic E-state index is 0.120. The van der Waals surface area contributed by atoms with Crippen LogP contribution in [-0.4, -0.2) is 48.7 Å². The van der Waals surface area contributed by atoms with E-state index in [1.807, 2.05) is 85.2 Å². The van der Waals surface area contributed by atoms with Gasteiger partial charge in [-0.25, -0.2) is 9.36 Å². The van der Waals surface area contributed by atoms with Crippen LogP contribution in [0.1, 0.15) is 24.8 Å². The average Bonchev–Trinajstić information content (AvgIpc) is 3.54. The highest BCUT2D eigenvalue weighted by Crippen LogP contribution is 2.35. The fourth-order valence-electron chi connectivity index (χ4n) is 3.70. The Morgan fingerprint density at radius 2 is 1.73 bits per heavy atom. The van der Waals surface area contributed by atoms with Gasteiger partial charge in [0.2, 0.25) is 0 Å². The summed E-state index contributed by atoms with van der Waals surface area (Å²) in [5.41, 5.74) is 3.27. The van der Waals surface area contributed by atoms with Crippen LogP contribution >= 0.6 is 0 Å². The normalized spacial score (nSPS) is 20.0. The Labute approximate surface area is 190 Å². The first-order valence-electron chi connectivity index (χ1n) is 10.6. The maximum absolute atomic E-state index is 11.3. The number of rotatable bonds is 6. The monoisotopic (exact) mass is 442 g/mol. The molecule has 3 atom stereocenters. The third kappa shape index (κ3) is 4.58. The maximum Gasteiger partial charge on any atom is 0.302 e. The van der Waals surface area contributed by atoms with Crippen molar-refractivity contribution >= 4 is 5.97 Å². The van der Waals surface area contributed by atoms with Gasteiger partial charge in [0, 0.05) is 12.5 Å². The van der Waals surface area contributed by atoms with Crippen molar-refractivity contribution in [3.05, 3.63) is 90.9 Å². The molecule has 0 saturated heterocycles. The first kappa shape index (κ1) is 20.8. The molecule has 1 aliphatic heterocycles. The van der Waals surface area contributed by atoms with Crippen molar-refractivity contribution in [3.63, 3.8) is 0 Å². The molecule has 4 aromatic rings. The van der Waals surface area contributed by atoms with E-state index in [-0.39, 0.29) is 18.6 Å². The number of ether oxygens (including phenoxy) is 2. The molecule has 9 heteroatoms. The van der Waals surface area contributed by atoms with E-state index in [1.54, 1.807) is 9.36 Å². The molecular formula is C24H22N6O3. The van der Waals surface area contributed by atoms with Crippen LogP contribution in [0.2, 0.25) is 0 Å². The van der Waals surface area contributed by atoms with Crippen molar-refractivity contribution in [3.8, 4) is 16.9 Å². The summed E-state index contributed by atoms with van der Waals surface area (Å²) in [6.45, 7) is 1.49. The van der Waals surface area contributed by atoms with Gasteiger partial charge < -0.3 is 9.47 Å². The Morgan fingerprint density at radius 3 is 2.48 bits per heavy atom. The van der Waals surface area contributed by atoms with E-state index in [1.165, 1.54) is 6.92 Å². The predicted molar refractivity (Wildman–Crippen MR) is 119 cm³/mol. The second kappa shape index (κ2) is 9.17. The molecule has 33 heavy (non-hydrogen) atoms. The maximum atomic E-state index is 11.3. The molecule has 0 bridgehead atoms. The number of para-hydroxylation sites is 1. The zero-order valence-electron chi connectivity index (χ0n) is 17.9. The topological polar surface area (TPSA) is 97.0 Å². The van der Waals surface area contributed by atoms with Gasteiger partial charge in [0.1, 0.15) is 36.2 Å². The molecule has 5 rings (SSSR count). The summed E-state index contributed by atoms with van der Waals surface area (Å²) in [5, 5.41) is 17.3. The van der Waals surface area contributed by atoms with E-state index >= 15 is 0 Å². The number of carbonyl (C=O) groups is 1. The Morgan fingerprint density at radius 1 is 0.970 bits per heavy atom. The van der Waals surface area contributed by atoms with E-state index in [0.717, 1.165) is 16.9 Å². The SMILES string of the molecule is CC(=O)OC[C@@H]1C=C[C@@H](n2cc(-c3ccccc3)nn2)[C@@H](c2cn(-c3ccccc3)nn2)O1. The Bertz CT molecular complexity index is 1250. The van der Waals surface area contributed by atoms with Crippen molar-refractivity contribution in [2.45, 2.75) is 25.2 Å². The van der Waals surface area contributed by atoms with Crippen molar-refractivity contribution in [2.24, 2.45) is 0 Å². The number of hydrogen-bond acceptors (Lipinski definition) is 7. The highest BCUT2D eigenvalue weighted by Gasteiger charge is 2.33. The highest BCUT2D eigenvalue weighted by molar-refractivity contribution is 5.65. The van der Waals surface area contributed by atoms with Gasteiger partial charge >= 0.3 is 5.97 Å². The number of esters is 1.